The first-order valence-electron chi connectivity index (χ1n) is 5.84. The van der Waals surface area contributed by atoms with Crippen LogP contribution < -0.4 is 0 Å². The maximum absolute atomic E-state index is 9.39. The molecule has 16 heavy (non-hydrogen) atoms. The highest BCUT2D eigenvalue weighted by molar-refractivity contribution is 5.51. The Morgan fingerprint density at radius 3 is 2.44 bits per heavy atom. The van der Waals surface area contributed by atoms with Crippen molar-refractivity contribution in [2.45, 2.75) is 52.2 Å². The Hall–Kier alpha value is -0.860. The maximum Gasteiger partial charge on any atom is 0.178 e. The summed E-state index contributed by atoms with van der Waals surface area (Å²) in [5.74, 6) is 0. The highest BCUT2D eigenvalue weighted by atomic mass is 16.5. The molecule has 0 bridgehead atoms. The number of aryl methyl sites for hydroxylation is 1. The highest BCUT2D eigenvalue weighted by Gasteiger charge is 2.33. The van der Waals surface area contributed by atoms with Crippen LogP contribution in [0.25, 0.3) is 0 Å². The highest BCUT2D eigenvalue weighted by Crippen LogP contribution is 2.43. The Bertz CT molecular complexity index is 431. The predicted octanol–water partition coefficient (Wildman–Crippen LogP) is 2.51. The number of aliphatic hydroxyl groups excluding tert-OH is 1. The Balaban J connectivity index is 2.72. The van der Waals surface area contributed by atoms with Crippen LogP contribution in [0.15, 0.2) is 6.07 Å². The van der Waals surface area contributed by atoms with Crippen LogP contribution in [0, 0.1) is 13.8 Å². The van der Waals surface area contributed by atoms with Crippen LogP contribution in [-0.4, -0.2) is 10.2 Å². The van der Waals surface area contributed by atoms with E-state index >= 15 is 0 Å². The molecule has 2 heteroatoms. The Kier molecular flexibility index (Phi) is 2.59. The van der Waals surface area contributed by atoms with Crippen LogP contribution in [-0.2, 0) is 11.8 Å². The molecule has 2 rings (SSSR count). The summed E-state index contributed by atoms with van der Waals surface area (Å²) in [7, 11) is 0. The second kappa shape index (κ2) is 3.57. The van der Waals surface area contributed by atoms with Gasteiger partial charge in [-0.15, -0.1) is 0 Å². The van der Waals surface area contributed by atoms with Gasteiger partial charge in [-0.3, -0.25) is 0 Å². The molecule has 0 heterocycles. The molecule has 0 saturated carbocycles. The molecule has 0 radical (unpaired) electrons. The molecule has 2 nitrogen and oxygen atoms in total. The number of hydrogen-bond acceptors (Lipinski definition) is 2. The van der Waals surface area contributed by atoms with Crippen LogP contribution in [0.1, 0.15) is 54.4 Å². The van der Waals surface area contributed by atoms with Crippen molar-refractivity contribution < 1.29 is 10.2 Å². The molecule has 1 aromatic carbocycles. The maximum atomic E-state index is 9.39. The van der Waals surface area contributed by atoms with Gasteiger partial charge in [-0.1, -0.05) is 19.9 Å². The first-order chi connectivity index (χ1) is 7.34. The van der Waals surface area contributed by atoms with Crippen LogP contribution in [0.2, 0.25) is 0 Å². The molecule has 0 fully saturated rings. The molecular weight excluding hydrogens is 200 g/mol. The first kappa shape index (κ1) is 11.6. The summed E-state index contributed by atoms with van der Waals surface area (Å²) in [6.45, 7) is 8.53. The summed E-state index contributed by atoms with van der Waals surface area (Å²) in [5, 5.41) is 18.8. The quantitative estimate of drug-likeness (QED) is 0.714. The number of fused-ring (bicyclic) bond motifs is 1. The minimum absolute atomic E-state index is 0.162. The van der Waals surface area contributed by atoms with E-state index in [0.29, 0.717) is 5.56 Å². The van der Waals surface area contributed by atoms with Crippen molar-refractivity contribution in [3.05, 3.63) is 33.9 Å². The number of rotatable bonds is 1. The van der Waals surface area contributed by atoms with Crippen LogP contribution in [0.5, 0.6) is 0 Å². The van der Waals surface area contributed by atoms with E-state index in [2.05, 4.69) is 20.8 Å². The van der Waals surface area contributed by atoms with Gasteiger partial charge in [-0.25, -0.2) is 0 Å². The molecule has 0 saturated heterocycles. The average molecular weight is 220 g/mol. The summed E-state index contributed by atoms with van der Waals surface area (Å²) in [6.07, 6.45) is 0.895. The van der Waals surface area contributed by atoms with E-state index in [4.69, 9.17) is 0 Å². The van der Waals surface area contributed by atoms with E-state index in [1.165, 1.54) is 16.7 Å². The normalized spacial score (nSPS) is 17.9. The van der Waals surface area contributed by atoms with Crippen LogP contribution in [0.3, 0.4) is 0 Å². The number of hydrogen-bond donors (Lipinski definition) is 2. The third kappa shape index (κ3) is 1.57. The van der Waals surface area contributed by atoms with Crippen molar-refractivity contribution in [2.75, 3.05) is 0 Å². The molecule has 88 valence electrons. The molecule has 0 atom stereocenters. The van der Waals surface area contributed by atoms with Gasteiger partial charge in [-0.05, 0) is 54.4 Å². The fraction of sp³-hybridized carbons (Fsp3) is 0.571. The lowest BCUT2D eigenvalue weighted by Crippen LogP contribution is -2.16. The largest absolute Gasteiger partial charge is 0.364 e. The fourth-order valence-corrected chi connectivity index (χ4v) is 3.07. The third-order valence-electron chi connectivity index (χ3n) is 3.91. The lowest BCUT2D eigenvalue weighted by atomic mass is 9.81. The van der Waals surface area contributed by atoms with Gasteiger partial charge in [-0.2, -0.15) is 0 Å². The van der Waals surface area contributed by atoms with Crippen molar-refractivity contribution in [1.29, 1.82) is 0 Å². The van der Waals surface area contributed by atoms with Gasteiger partial charge in [0.25, 0.3) is 0 Å². The smallest absolute Gasteiger partial charge is 0.178 e. The number of benzene rings is 1. The Morgan fingerprint density at radius 2 is 1.88 bits per heavy atom. The lowest BCUT2D eigenvalue weighted by Gasteiger charge is -2.24. The van der Waals surface area contributed by atoms with E-state index in [0.717, 1.165) is 18.4 Å². The molecular formula is C14H20O2. The van der Waals surface area contributed by atoms with Crippen LogP contribution >= 0.6 is 0 Å². The van der Waals surface area contributed by atoms with E-state index in [-0.39, 0.29) is 5.41 Å². The Labute approximate surface area is 96.9 Å². The van der Waals surface area contributed by atoms with E-state index in [9.17, 15) is 10.2 Å². The SMILES string of the molecule is Cc1cc(C(O)O)c(C)c2c1CCC2(C)C. The molecule has 1 aliphatic carbocycles. The van der Waals surface area contributed by atoms with E-state index in [1.54, 1.807) is 0 Å². The van der Waals surface area contributed by atoms with Gasteiger partial charge < -0.3 is 10.2 Å². The monoisotopic (exact) mass is 220 g/mol. The fourth-order valence-electron chi connectivity index (χ4n) is 3.07. The molecule has 0 unspecified atom stereocenters. The summed E-state index contributed by atoms with van der Waals surface area (Å²) < 4.78 is 0. The number of aliphatic hydroxyl groups is 2. The van der Waals surface area contributed by atoms with Crippen molar-refractivity contribution in [2.24, 2.45) is 0 Å². The molecule has 0 spiro atoms. The molecule has 0 aliphatic heterocycles. The van der Waals surface area contributed by atoms with Gasteiger partial charge in [0.2, 0.25) is 0 Å². The molecule has 2 N–H and O–H groups in total. The van der Waals surface area contributed by atoms with Gasteiger partial charge >= 0.3 is 0 Å². The summed E-state index contributed by atoms with van der Waals surface area (Å²) in [5.41, 5.74) is 5.80. The summed E-state index contributed by atoms with van der Waals surface area (Å²) >= 11 is 0. The minimum Gasteiger partial charge on any atom is -0.364 e. The molecule has 0 amide bonds. The standard InChI is InChI=1S/C14H20O2/c1-8-7-11(13(15)16)9(2)12-10(8)5-6-14(12,3)4/h7,13,15-16H,5-6H2,1-4H3. The molecule has 0 aromatic heterocycles. The van der Waals surface area contributed by atoms with Gasteiger partial charge in [0.15, 0.2) is 6.29 Å². The minimum atomic E-state index is -1.36. The molecule has 1 aliphatic rings. The summed E-state index contributed by atoms with van der Waals surface area (Å²) in [4.78, 5) is 0. The van der Waals surface area contributed by atoms with Crippen LogP contribution in [0.4, 0.5) is 0 Å². The van der Waals surface area contributed by atoms with Crippen molar-refractivity contribution in [3.63, 3.8) is 0 Å². The summed E-state index contributed by atoms with van der Waals surface area (Å²) in [6, 6.07) is 1.92. The van der Waals surface area contributed by atoms with E-state index < -0.39 is 6.29 Å². The van der Waals surface area contributed by atoms with Gasteiger partial charge in [0, 0.05) is 5.56 Å². The van der Waals surface area contributed by atoms with E-state index in [1.807, 2.05) is 13.0 Å². The molecule has 1 aromatic rings. The first-order valence-corrected chi connectivity index (χ1v) is 5.84. The third-order valence-corrected chi connectivity index (χ3v) is 3.91. The van der Waals surface area contributed by atoms with Crippen molar-refractivity contribution in [1.82, 2.24) is 0 Å². The average Bonchev–Trinajstić information content (AvgIpc) is 2.48. The zero-order valence-electron chi connectivity index (χ0n) is 10.5. The second-order valence-corrected chi connectivity index (χ2v) is 5.52. The lowest BCUT2D eigenvalue weighted by molar-refractivity contribution is -0.0430. The zero-order valence-corrected chi connectivity index (χ0v) is 10.5. The zero-order chi connectivity index (χ0) is 12.1. The second-order valence-electron chi connectivity index (χ2n) is 5.52. The van der Waals surface area contributed by atoms with Crippen molar-refractivity contribution >= 4 is 0 Å². The van der Waals surface area contributed by atoms with Gasteiger partial charge in [0.05, 0.1) is 0 Å². The van der Waals surface area contributed by atoms with Crippen molar-refractivity contribution in [3.8, 4) is 0 Å². The van der Waals surface area contributed by atoms with Gasteiger partial charge in [0.1, 0.15) is 0 Å². The Morgan fingerprint density at radius 1 is 1.25 bits per heavy atom. The predicted molar refractivity (Wildman–Crippen MR) is 64.4 cm³/mol. The topological polar surface area (TPSA) is 40.5 Å².